The molecule has 5 heteroatoms. The van der Waals surface area contributed by atoms with Crippen LogP contribution in [-0.2, 0) is 10.2 Å². The lowest BCUT2D eigenvalue weighted by Gasteiger charge is -2.40. The highest BCUT2D eigenvalue weighted by Gasteiger charge is 2.40. The number of hydrogen-bond donors (Lipinski definition) is 1. The van der Waals surface area contributed by atoms with Gasteiger partial charge in [0.25, 0.3) is 0 Å². The molecular formula is C17H15FN2OS. The summed E-state index contributed by atoms with van der Waals surface area (Å²) in [6.45, 7) is 1.74. The Morgan fingerprint density at radius 2 is 2.05 bits per heavy atom. The summed E-state index contributed by atoms with van der Waals surface area (Å²) in [4.78, 5) is 4.78. The zero-order chi connectivity index (χ0) is 15.2. The maximum atomic E-state index is 13.9. The lowest BCUT2D eigenvalue weighted by molar-refractivity contribution is -0.0570. The molecule has 1 aromatic carbocycles. The van der Waals surface area contributed by atoms with Gasteiger partial charge < -0.3 is 10.5 Å². The van der Waals surface area contributed by atoms with Crippen molar-refractivity contribution in [2.75, 3.05) is 19.8 Å². The molecule has 3 aromatic rings. The molecule has 2 aromatic heterocycles. The van der Waals surface area contributed by atoms with Crippen molar-refractivity contribution in [3.05, 3.63) is 53.3 Å². The van der Waals surface area contributed by atoms with Gasteiger partial charge in [0.2, 0.25) is 0 Å². The molecule has 2 N–H and O–H groups in total. The Morgan fingerprint density at radius 3 is 2.77 bits per heavy atom. The van der Waals surface area contributed by atoms with Crippen molar-refractivity contribution in [1.82, 2.24) is 4.98 Å². The van der Waals surface area contributed by atoms with E-state index in [1.165, 1.54) is 17.4 Å². The number of benzene rings is 1. The Hall–Kier alpha value is -1.82. The molecule has 1 fully saturated rings. The highest BCUT2D eigenvalue weighted by Crippen LogP contribution is 2.36. The summed E-state index contributed by atoms with van der Waals surface area (Å²) in [6.07, 6.45) is 0. The van der Waals surface area contributed by atoms with E-state index in [0.717, 1.165) is 22.3 Å². The van der Waals surface area contributed by atoms with Crippen LogP contribution in [0.3, 0.4) is 0 Å². The van der Waals surface area contributed by atoms with E-state index >= 15 is 0 Å². The molecule has 0 radical (unpaired) electrons. The number of ether oxygens (including phenoxy) is 1. The van der Waals surface area contributed by atoms with Crippen LogP contribution < -0.4 is 5.73 Å². The number of pyridine rings is 1. The number of nitrogens with zero attached hydrogens (tertiary/aromatic N) is 1. The third kappa shape index (κ3) is 1.97. The van der Waals surface area contributed by atoms with Gasteiger partial charge in [0, 0.05) is 22.9 Å². The van der Waals surface area contributed by atoms with Gasteiger partial charge in [0.15, 0.2) is 0 Å². The molecule has 3 heterocycles. The van der Waals surface area contributed by atoms with Gasteiger partial charge in [-0.2, -0.15) is 0 Å². The van der Waals surface area contributed by atoms with Crippen molar-refractivity contribution in [2.24, 2.45) is 5.73 Å². The molecule has 0 unspecified atom stereocenters. The topological polar surface area (TPSA) is 48.1 Å². The van der Waals surface area contributed by atoms with Crippen molar-refractivity contribution in [2.45, 2.75) is 5.41 Å². The first-order chi connectivity index (χ1) is 10.7. The molecule has 0 atom stereocenters. The molecule has 22 heavy (non-hydrogen) atoms. The lowest BCUT2D eigenvalue weighted by atomic mass is 9.82. The molecular weight excluding hydrogens is 299 g/mol. The zero-order valence-electron chi connectivity index (χ0n) is 11.9. The number of hydrogen-bond acceptors (Lipinski definition) is 4. The third-order valence-corrected chi connectivity index (χ3v) is 5.27. The van der Waals surface area contributed by atoms with E-state index < -0.39 is 0 Å². The van der Waals surface area contributed by atoms with Gasteiger partial charge in [-0.1, -0.05) is 18.2 Å². The molecule has 1 aliphatic heterocycles. The Kier molecular flexibility index (Phi) is 3.22. The molecule has 112 valence electrons. The normalized spacial score (nSPS) is 16.6. The van der Waals surface area contributed by atoms with E-state index in [1.807, 2.05) is 29.6 Å². The molecule has 4 rings (SSSR count). The number of fused-ring (bicyclic) bond motifs is 1. The van der Waals surface area contributed by atoms with E-state index in [4.69, 9.17) is 15.5 Å². The molecule has 3 nitrogen and oxygen atoms in total. The fourth-order valence-electron chi connectivity index (χ4n) is 2.82. The number of nitrogens with two attached hydrogens (primary N) is 1. The van der Waals surface area contributed by atoms with E-state index in [9.17, 15) is 4.39 Å². The van der Waals surface area contributed by atoms with Gasteiger partial charge in [-0.3, -0.25) is 4.98 Å². The molecule has 0 saturated carbocycles. The minimum Gasteiger partial charge on any atom is -0.379 e. The molecule has 0 bridgehead atoms. The molecule has 1 saturated heterocycles. The fourth-order valence-corrected chi connectivity index (χ4v) is 3.79. The number of halogens is 1. The first-order valence-electron chi connectivity index (χ1n) is 7.15. The van der Waals surface area contributed by atoms with Gasteiger partial charge in [-0.25, -0.2) is 4.39 Å². The highest BCUT2D eigenvalue weighted by molar-refractivity contribution is 7.17. The third-order valence-electron chi connectivity index (χ3n) is 4.27. The first kappa shape index (κ1) is 13.8. The van der Waals surface area contributed by atoms with E-state index in [0.29, 0.717) is 24.5 Å². The van der Waals surface area contributed by atoms with Crippen LogP contribution in [0.4, 0.5) is 4.39 Å². The molecule has 1 aliphatic rings. The smallest absolute Gasteiger partial charge is 0.141 e. The minimum atomic E-state index is -0.185. The van der Waals surface area contributed by atoms with E-state index in [2.05, 4.69) is 0 Å². The quantitative estimate of drug-likeness (QED) is 0.806. The highest BCUT2D eigenvalue weighted by atomic mass is 32.1. The van der Waals surface area contributed by atoms with Gasteiger partial charge in [-0.05, 0) is 18.2 Å². The summed E-state index contributed by atoms with van der Waals surface area (Å²) in [5, 5.41) is 2.87. The average molecular weight is 314 g/mol. The van der Waals surface area contributed by atoms with Crippen molar-refractivity contribution >= 4 is 21.4 Å². The van der Waals surface area contributed by atoms with Crippen LogP contribution in [-0.4, -0.2) is 24.7 Å². The summed E-state index contributed by atoms with van der Waals surface area (Å²) in [5.74, 6) is -0.185. The number of thiophene rings is 1. The second kappa shape index (κ2) is 5.12. The lowest BCUT2D eigenvalue weighted by Crippen LogP contribution is -2.52. The molecule has 0 aliphatic carbocycles. The summed E-state index contributed by atoms with van der Waals surface area (Å²) in [7, 11) is 0. The predicted molar refractivity (Wildman–Crippen MR) is 86.6 cm³/mol. The molecule has 0 spiro atoms. The van der Waals surface area contributed by atoms with Crippen LogP contribution in [0.1, 0.15) is 5.69 Å². The van der Waals surface area contributed by atoms with Gasteiger partial charge in [0.1, 0.15) is 5.82 Å². The second-order valence-electron chi connectivity index (χ2n) is 5.65. The van der Waals surface area contributed by atoms with Crippen molar-refractivity contribution < 1.29 is 9.13 Å². The molecule has 0 amide bonds. The van der Waals surface area contributed by atoms with E-state index in [1.54, 1.807) is 6.07 Å². The second-order valence-corrected chi connectivity index (χ2v) is 6.53. The number of aromatic nitrogens is 1. The summed E-state index contributed by atoms with van der Waals surface area (Å²) < 4.78 is 19.9. The Labute approximate surface area is 131 Å². The SMILES string of the molecule is NCC1(c2cccc(-c3csc4c(F)cccc34)n2)COC1. The average Bonchev–Trinajstić information content (AvgIpc) is 2.93. The van der Waals surface area contributed by atoms with Gasteiger partial charge in [-0.15, -0.1) is 11.3 Å². The van der Waals surface area contributed by atoms with E-state index in [-0.39, 0.29) is 11.2 Å². The van der Waals surface area contributed by atoms with Crippen LogP contribution in [0.2, 0.25) is 0 Å². The van der Waals surface area contributed by atoms with Crippen LogP contribution in [0.25, 0.3) is 21.3 Å². The number of rotatable bonds is 3. The summed E-state index contributed by atoms with van der Waals surface area (Å²) >= 11 is 1.41. The van der Waals surface area contributed by atoms with Crippen LogP contribution >= 0.6 is 11.3 Å². The fraction of sp³-hybridized carbons (Fsp3) is 0.235. The van der Waals surface area contributed by atoms with Crippen molar-refractivity contribution in [3.63, 3.8) is 0 Å². The standard InChI is InChI=1S/C17H15FN2OS/c18-13-4-1-3-11-12(7-22-16(11)13)14-5-2-6-15(20-14)17(8-19)9-21-10-17/h1-7H,8-10,19H2. The minimum absolute atomic E-state index is 0.174. The summed E-state index contributed by atoms with van der Waals surface area (Å²) in [5.41, 5.74) is 8.51. The van der Waals surface area contributed by atoms with Crippen LogP contribution in [0.5, 0.6) is 0 Å². The van der Waals surface area contributed by atoms with Crippen LogP contribution in [0.15, 0.2) is 41.8 Å². The maximum Gasteiger partial charge on any atom is 0.141 e. The summed E-state index contributed by atoms with van der Waals surface area (Å²) in [6, 6.07) is 11.1. The van der Waals surface area contributed by atoms with Gasteiger partial charge in [0.05, 0.1) is 34.7 Å². The zero-order valence-corrected chi connectivity index (χ0v) is 12.7. The maximum absolute atomic E-state index is 13.9. The van der Waals surface area contributed by atoms with Crippen molar-refractivity contribution in [1.29, 1.82) is 0 Å². The first-order valence-corrected chi connectivity index (χ1v) is 8.03. The van der Waals surface area contributed by atoms with Crippen molar-refractivity contribution in [3.8, 4) is 11.3 Å². The monoisotopic (exact) mass is 314 g/mol. The van der Waals surface area contributed by atoms with Crippen LogP contribution in [0, 0.1) is 5.82 Å². The Morgan fingerprint density at radius 1 is 1.23 bits per heavy atom. The van der Waals surface area contributed by atoms with Gasteiger partial charge >= 0.3 is 0 Å². The Balaban J connectivity index is 1.84. The Bertz CT molecular complexity index is 836. The largest absolute Gasteiger partial charge is 0.379 e. The predicted octanol–water partition coefficient (Wildman–Crippen LogP) is 3.33.